The molecular weight excluding hydrogens is 726 g/mol. The molecule has 3 heterocycles. The molecule has 324 valence electrons. The lowest BCUT2D eigenvalue weighted by Gasteiger charge is -2.39. The monoisotopic (exact) mass is 795 g/mol. The number of nitrogens with one attached hydrogen (secondary N) is 3. The predicted octanol–water partition coefficient (Wildman–Crippen LogP) is -6.60. The maximum atomic E-state index is 9.67. The molecule has 0 amide bonds. The molecule has 3 rings (SSSR count). The van der Waals surface area contributed by atoms with Gasteiger partial charge in [0.1, 0.15) is 73.2 Å². The van der Waals surface area contributed by atoms with E-state index in [1.165, 1.54) is 0 Å². The van der Waals surface area contributed by atoms with E-state index < -0.39 is 112 Å². The van der Waals surface area contributed by atoms with Crippen molar-refractivity contribution in [3.63, 3.8) is 0 Å². The van der Waals surface area contributed by atoms with Crippen LogP contribution >= 0.6 is 0 Å². The third-order valence-electron chi connectivity index (χ3n) is 8.36. The van der Waals surface area contributed by atoms with Gasteiger partial charge in [0.2, 0.25) is 0 Å². The molecule has 3 saturated heterocycles. The molecule has 0 aromatic carbocycles. The largest absolute Gasteiger partial charge is 0.394 e. The topological polar surface area (TPSA) is 334 Å². The van der Waals surface area contributed by atoms with Crippen molar-refractivity contribution in [2.24, 2.45) is 0 Å². The summed E-state index contributed by atoms with van der Waals surface area (Å²) >= 11 is 0. The Kier molecular flexibility index (Phi) is 25.6. The Morgan fingerprint density at radius 1 is 0.389 bits per heavy atom. The van der Waals surface area contributed by atoms with Crippen molar-refractivity contribution in [3.8, 4) is 0 Å². The average Bonchev–Trinajstić information content (AvgIpc) is 3.13. The second kappa shape index (κ2) is 27.0. The fourth-order valence-corrected chi connectivity index (χ4v) is 5.18. The molecule has 0 spiro atoms. The van der Waals surface area contributed by atoms with Gasteiger partial charge in [0, 0.05) is 37.8 Å². The smallest absolute Gasteiger partial charge is 0.186 e. The summed E-state index contributed by atoms with van der Waals surface area (Å²) in [6.45, 7) is 13.2. The van der Waals surface area contributed by atoms with Crippen LogP contribution in [-0.4, -0.2) is 231 Å². The number of aliphatic hydroxyl groups is 12. The highest BCUT2D eigenvalue weighted by Gasteiger charge is 2.46. The lowest BCUT2D eigenvalue weighted by molar-refractivity contribution is -0.300. The summed E-state index contributed by atoms with van der Waals surface area (Å²) in [6.07, 6.45) is -18.1. The minimum atomic E-state index is -1.39. The summed E-state index contributed by atoms with van der Waals surface area (Å²) in [5, 5.41) is 123. The molecule has 3 aliphatic rings. The predicted molar refractivity (Wildman–Crippen MR) is 189 cm³/mol. The highest BCUT2D eigenvalue weighted by Crippen LogP contribution is 2.24. The fourth-order valence-electron chi connectivity index (χ4n) is 5.18. The van der Waals surface area contributed by atoms with Crippen LogP contribution in [0.1, 0.15) is 41.5 Å². The molecule has 0 aromatic rings. The Morgan fingerprint density at radius 3 is 0.796 bits per heavy atom. The molecule has 15 N–H and O–H groups in total. The van der Waals surface area contributed by atoms with E-state index in [1.54, 1.807) is 0 Å². The average molecular weight is 796 g/mol. The number of aliphatic hydroxyl groups excluding tert-OH is 12. The molecular formula is C33H69N3O18. The summed E-state index contributed by atoms with van der Waals surface area (Å²) in [5.41, 5.74) is 0. The van der Waals surface area contributed by atoms with Gasteiger partial charge in [-0.1, -0.05) is 41.5 Å². The maximum absolute atomic E-state index is 9.67. The standard InChI is InChI=1S/3C11H23NO6/c3*1-6(2)12-3-4-17-11-10(16)9(15)8(14)7(5-13)18-11/h3*6-16H,3-5H2,1-2H3/t2*7?,8-,9+,10?,11-;7?,8-,9-,10?,11+/m110/s1. The van der Waals surface area contributed by atoms with Crippen LogP contribution in [0.2, 0.25) is 0 Å². The van der Waals surface area contributed by atoms with E-state index in [-0.39, 0.29) is 0 Å². The van der Waals surface area contributed by atoms with Crippen LogP contribution in [0.25, 0.3) is 0 Å². The van der Waals surface area contributed by atoms with Gasteiger partial charge in [-0.2, -0.15) is 0 Å². The molecule has 54 heavy (non-hydrogen) atoms. The van der Waals surface area contributed by atoms with Crippen LogP contribution in [0, 0.1) is 0 Å². The van der Waals surface area contributed by atoms with Gasteiger partial charge in [-0.15, -0.1) is 0 Å². The molecule has 0 aromatic heterocycles. The number of rotatable bonds is 18. The van der Waals surface area contributed by atoms with E-state index in [0.717, 1.165) is 0 Å². The van der Waals surface area contributed by atoms with E-state index in [1.807, 2.05) is 41.5 Å². The first-order chi connectivity index (χ1) is 25.4. The third-order valence-corrected chi connectivity index (χ3v) is 8.36. The van der Waals surface area contributed by atoms with Crippen LogP contribution < -0.4 is 16.0 Å². The molecule has 0 bridgehead atoms. The van der Waals surface area contributed by atoms with E-state index >= 15 is 0 Å². The second-order valence-electron chi connectivity index (χ2n) is 14.0. The Hall–Kier alpha value is -0.840. The number of hydrogen-bond donors (Lipinski definition) is 15. The maximum Gasteiger partial charge on any atom is 0.186 e. The van der Waals surface area contributed by atoms with E-state index in [2.05, 4.69) is 16.0 Å². The fraction of sp³-hybridized carbons (Fsp3) is 1.00. The molecule has 21 nitrogen and oxygen atoms in total. The molecule has 3 fully saturated rings. The zero-order chi connectivity index (χ0) is 41.1. The second-order valence-corrected chi connectivity index (χ2v) is 14.0. The first-order valence-corrected chi connectivity index (χ1v) is 18.4. The normalized spacial score (nSPS) is 37.2. The van der Waals surface area contributed by atoms with Gasteiger partial charge in [0.25, 0.3) is 0 Å². The minimum absolute atomic E-state index is 0.293. The molecule has 0 saturated carbocycles. The van der Waals surface area contributed by atoms with Gasteiger partial charge in [-0.3, -0.25) is 0 Å². The van der Waals surface area contributed by atoms with Crippen molar-refractivity contribution >= 4 is 0 Å². The SMILES string of the molecule is CC(C)NCCO[C@@H]1OC(CO)[C@@H](O)[C@H](O)C1O.CC(C)NCCO[C@@H]1OC(CO)[C@@H](O)[C@H](O)C1O.CC(C)NCCO[C@@H]1OC(CO)[C@H](O)[C@H](O)C1O. The number of hydrogen-bond acceptors (Lipinski definition) is 21. The Labute approximate surface area is 316 Å². The molecule has 0 radical (unpaired) electrons. The first kappa shape index (κ1) is 51.2. The van der Waals surface area contributed by atoms with E-state index in [0.29, 0.717) is 57.6 Å². The van der Waals surface area contributed by atoms with Crippen LogP contribution in [0.3, 0.4) is 0 Å². The van der Waals surface area contributed by atoms with Gasteiger partial charge in [-0.05, 0) is 0 Å². The third kappa shape index (κ3) is 17.3. The quantitative estimate of drug-likeness (QED) is 0.0573. The van der Waals surface area contributed by atoms with Crippen molar-refractivity contribution in [1.82, 2.24) is 16.0 Å². The Balaban J connectivity index is 0.000000405. The highest BCUT2D eigenvalue weighted by atomic mass is 16.7. The van der Waals surface area contributed by atoms with Crippen molar-refractivity contribution < 1.29 is 89.7 Å². The number of ether oxygens (including phenoxy) is 6. The van der Waals surface area contributed by atoms with E-state index in [9.17, 15) is 46.0 Å². The summed E-state index contributed by atoms with van der Waals surface area (Å²) in [7, 11) is 0. The van der Waals surface area contributed by atoms with Crippen molar-refractivity contribution in [1.29, 1.82) is 0 Å². The molecule has 0 aliphatic carbocycles. The van der Waals surface area contributed by atoms with Crippen LogP contribution in [0.4, 0.5) is 0 Å². The summed E-state index contributed by atoms with van der Waals surface area (Å²) in [6, 6.07) is 0.968. The molecule has 21 heteroatoms. The van der Waals surface area contributed by atoms with E-state index in [4.69, 9.17) is 43.7 Å². The van der Waals surface area contributed by atoms with Crippen molar-refractivity contribution in [2.45, 2.75) is 152 Å². The Morgan fingerprint density at radius 2 is 0.611 bits per heavy atom. The Bertz CT molecular complexity index is 827. The lowest BCUT2D eigenvalue weighted by atomic mass is 9.99. The minimum Gasteiger partial charge on any atom is -0.394 e. The van der Waals surface area contributed by atoms with Crippen molar-refractivity contribution in [2.75, 3.05) is 59.3 Å². The highest BCUT2D eigenvalue weighted by molar-refractivity contribution is 4.90. The van der Waals surface area contributed by atoms with Gasteiger partial charge in [0.05, 0.1) is 39.6 Å². The summed E-state index contributed by atoms with van der Waals surface area (Å²) in [5.74, 6) is 0. The van der Waals surface area contributed by atoms with Gasteiger partial charge in [0.15, 0.2) is 18.9 Å². The summed E-state index contributed by atoms with van der Waals surface area (Å²) in [4.78, 5) is 0. The van der Waals surface area contributed by atoms with Crippen LogP contribution in [0.5, 0.6) is 0 Å². The zero-order valence-electron chi connectivity index (χ0n) is 32.1. The van der Waals surface area contributed by atoms with Crippen LogP contribution in [0.15, 0.2) is 0 Å². The summed E-state index contributed by atoms with van der Waals surface area (Å²) < 4.78 is 31.4. The van der Waals surface area contributed by atoms with Crippen molar-refractivity contribution in [3.05, 3.63) is 0 Å². The lowest BCUT2D eigenvalue weighted by Crippen LogP contribution is -2.59. The molecule has 3 aliphatic heterocycles. The molecule has 6 unspecified atom stereocenters. The first-order valence-electron chi connectivity index (χ1n) is 18.4. The zero-order valence-corrected chi connectivity index (χ0v) is 32.1. The van der Waals surface area contributed by atoms with Gasteiger partial charge >= 0.3 is 0 Å². The van der Waals surface area contributed by atoms with Gasteiger partial charge in [-0.25, -0.2) is 0 Å². The van der Waals surface area contributed by atoms with Crippen LogP contribution in [-0.2, 0) is 28.4 Å². The van der Waals surface area contributed by atoms with Gasteiger partial charge < -0.3 is 106 Å². The molecule has 15 atom stereocenters.